The Hall–Kier alpha value is -2.28. The fraction of sp³-hybridized carbons (Fsp3) is 0.364. The summed E-state index contributed by atoms with van der Waals surface area (Å²) in [5, 5.41) is 5.09. The van der Waals surface area contributed by atoms with E-state index in [1.54, 1.807) is 26.5 Å². The molecule has 1 saturated heterocycles. The second-order valence-electron chi connectivity index (χ2n) is 7.31. The Kier molecular flexibility index (Phi) is 6.18. The number of benzene rings is 2. The van der Waals surface area contributed by atoms with Gasteiger partial charge in [-0.05, 0) is 37.5 Å². The SMILES string of the molecule is COc1cc(OC)c(Cl)c(-c2ccc3nc(NC4CCC(C)OC4)ncc3c2)c1Cl. The zero-order chi connectivity index (χ0) is 21.3. The number of methoxy groups -OCH3 is 2. The maximum Gasteiger partial charge on any atom is 0.223 e. The molecule has 1 fully saturated rings. The number of hydrogen-bond acceptors (Lipinski definition) is 6. The van der Waals surface area contributed by atoms with E-state index in [-0.39, 0.29) is 6.04 Å². The highest BCUT2D eigenvalue weighted by Gasteiger charge is 2.20. The summed E-state index contributed by atoms with van der Waals surface area (Å²) in [6.45, 7) is 2.76. The van der Waals surface area contributed by atoms with E-state index in [2.05, 4.69) is 22.2 Å². The van der Waals surface area contributed by atoms with E-state index in [0.29, 0.717) is 45.8 Å². The molecule has 158 valence electrons. The number of anilines is 1. The molecule has 30 heavy (non-hydrogen) atoms. The van der Waals surface area contributed by atoms with Crippen LogP contribution in [0.5, 0.6) is 11.5 Å². The first-order valence-corrected chi connectivity index (χ1v) is 10.5. The Morgan fingerprint density at radius 1 is 1.07 bits per heavy atom. The minimum absolute atomic E-state index is 0.222. The highest BCUT2D eigenvalue weighted by atomic mass is 35.5. The average Bonchev–Trinajstić information content (AvgIpc) is 2.76. The van der Waals surface area contributed by atoms with Crippen molar-refractivity contribution in [2.24, 2.45) is 0 Å². The number of halogens is 2. The van der Waals surface area contributed by atoms with E-state index in [9.17, 15) is 0 Å². The van der Waals surface area contributed by atoms with Crippen LogP contribution in [0, 0.1) is 0 Å². The number of nitrogens with one attached hydrogen (secondary N) is 1. The molecule has 0 bridgehead atoms. The summed E-state index contributed by atoms with van der Waals surface area (Å²) in [6.07, 6.45) is 4.17. The molecular formula is C22H23Cl2N3O3. The lowest BCUT2D eigenvalue weighted by Crippen LogP contribution is -2.34. The molecule has 0 saturated carbocycles. The van der Waals surface area contributed by atoms with Crippen LogP contribution in [0.2, 0.25) is 10.0 Å². The van der Waals surface area contributed by atoms with E-state index in [0.717, 1.165) is 29.3 Å². The van der Waals surface area contributed by atoms with Crippen LogP contribution in [0.15, 0.2) is 30.5 Å². The first-order chi connectivity index (χ1) is 14.5. The fourth-order valence-electron chi connectivity index (χ4n) is 3.58. The van der Waals surface area contributed by atoms with Gasteiger partial charge in [0.2, 0.25) is 5.95 Å². The summed E-state index contributed by atoms with van der Waals surface area (Å²) < 4.78 is 16.5. The molecule has 2 heterocycles. The summed E-state index contributed by atoms with van der Waals surface area (Å²) in [5.41, 5.74) is 2.30. The topological polar surface area (TPSA) is 65.5 Å². The molecule has 0 spiro atoms. The smallest absolute Gasteiger partial charge is 0.223 e. The van der Waals surface area contributed by atoms with Gasteiger partial charge in [0.05, 0.1) is 48.5 Å². The molecule has 1 aliphatic rings. The molecule has 1 aromatic heterocycles. The summed E-state index contributed by atoms with van der Waals surface area (Å²) in [6, 6.07) is 7.70. The van der Waals surface area contributed by atoms with Crippen LogP contribution in [-0.2, 0) is 4.74 Å². The highest BCUT2D eigenvalue weighted by Crippen LogP contribution is 2.46. The minimum Gasteiger partial charge on any atom is -0.495 e. The van der Waals surface area contributed by atoms with Crippen LogP contribution in [0.1, 0.15) is 19.8 Å². The summed E-state index contributed by atoms with van der Waals surface area (Å²) in [7, 11) is 3.11. The van der Waals surface area contributed by atoms with E-state index in [1.165, 1.54) is 0 Å². The van der Waals surface area contributed by atoms with E-state index >= 15 is 0 Å². The number of rotatable bonds is 5. The molecule has 1 aliphatic heterocycles. The van der Waals surface area contributed by atoms with Crippen LogP contribution in [-0.4, -0.2) is 42.9 Å². The van der Waals surface area contributed by atoms with Crippen LogP contribution in [0.3, 0.4) is 0 Å². The van der Waals surface area contributed by atoms with Gasteiger partial charge in [0.15, 0.2) is 0 Å². The first-order valence-electron chi connectivity index (χ1n) is 9.75. The van der Waals surface area contributed by atoms with Gasteiger partial charge in [-0.1, -0.05) is 29.3 Å². The van der Waals surface area contributed by atoms with Crippen molar-refractivity contribution in [2.45, 2.75) is 31.9 Å². The first kappa shape index (κ1) is 21.0. The molecule has 4 rings (SSSR count). The van der Waals surface area contributed by atoms with Crippen molar-refractivity contribution in [3.63, 3.8) is 0 Å². The maximum absolute atomic E-state index is 6.55. The predicted octanol–water partition coefficient (Wildman–Crippen LogP) is 5.60. The van der Waals surface area contributed by atoms with Crippen molar-refractivity contribution in [2.75, 3.05) is 26.1 Å². The van der Waals surface area contributed by atoms with Crippen molar-refractivity contribution in [3.05, 3.63) is 40.5 Å². The molecular weight excluding hydrogens is 425 g/mol. The van der Waals surface area contributed by atoms with Gasteiger partial charge in [0.1, 0.15) is 11.5 Å². The number of hydrogen-bond donors (Lipinski definition) is 1. The third kappa shape index (κ3) is 4.13. The second kappa shape index (κ2) is 8.84. The third-order valence-corrected chi connectivity index (χ3v) is 6.03. The number of fused-ring (bicyclic) bond motifs is 1. The van der Waals surface area contributed by atoms with Gasteiger partial charge < -0.3 is 19.5 Å². The van der Waals surface area contributed by atoms with Crippen LogP contribution < -0.4 is 14.8 Å². The molecule has 3 aromatic rings. The minimum atomic E-state index is 0.222. The molecule has 2 unspecified atom stereocenters. The maximum atomic E-state index is 6.55. The van der Waals surface area contributed by atoms with Crippen molar-refractivity contribution < 1.29 is 14.2 Å². The van der Waals surface area contributed by atoms with Gasteiger partial charge in [-0.15, -0.1) is 0 Å². The van der Waals surface area contributed by atoms with Crippen LogP contribution in [0.4, 0.5) is 5.95 Å². The Balaban J connectivity index is 1.66. The standard InChI is InChI=1S/C22H23Cl2N3O3/c1-12-4-6-15(11-30-12)26-22-25-10-14-8-13(5-7-16(14)27-22)19-20(23)17(28-2)9-18(29-3)21(19)24/h5,7-10,12,15H,4,6,11H2,1-3H3,(H,25,26,27). The monoisotopic (exact) mass is 447 g/mol. The number of nitrogens with zero attached hydrogens (tertiary/aromatic N) is 2. The molecule has 2 aromatic carbocycles. The normalized spacial score (nSPS) is 19.0. The second-order valence-corrected chi connectivity index (χ2v) is 8.07. The molecule has 8 heteroatoms. The fourth-order valence-corrected chi connectivity index (χ4v) is 4.30. The lowest BCUT2D eigenvalue weighted by Gasteiger charge is -2.27. The van der Waals surface area contributed by atoms with Gasteiger partial charge in [0.25, 0.3) is 0 Å². The van der Waals surface area contributed by atoms with Gasteiger partial charge in [0, 0.05) is 23.2 Å². The lowest BCUT2D eigenvalue weighted by molar-refractivity contribution is 0.0213. The largest absolute Gasteiger partial charge is 0.495 e. The van der Waals surface area contributed by atoms with Crippen molar-refractivity contribution in [1.82, 2.24) is 9.97 Å². The molecule has 2 atom stereocenters. The highest BCUT2D eigenvalue weighted by molar-refractivity contribution is 6.41. The van der Waals surface area contributed by atoms with Gasteiger partial charge in [-0.25, -0.2) is 9.97 Å². The molecule has 0 amide bonds. The third-order valence-electron chi connectivity index (χ3n) is 5.28. The predicted molar refractivity (Wildman–Crippen MR) is 120 cm³/mol. The van der Waals surface area contributed by atoms with Gasteiger partial charge in [-0.2, -0.15) is 0 Å². The molecule has 0 aliphatic carbocycles. The van der Waals surface area contributed by atoms with Crippen LogP contribution in [0.25, 0.3) is 22.0 Å². The van der Waals surface area contributed by atoms with Gasteiger partial charge >= 0.3 is 0 Å². The van der Waals surface area contributed by atoms with Gasteiger partial charge in [-0.3, -0.25) is 0 Å². The Labute approximate surface area is 185 Å². The molecule has 6 nitrogen and oxygen atoms in total. The Morgan fingerprint density at radius 2 is 1.80 bits per heavy atom. The summed E-state index contributed by atoms with van der Waals surface area (Å²) in [5.74, 6) is 1.58. The zero-order valence-corrected chi connectivity index (χ0v) is 18.5. The van der Waals surface area contributed by atoms with E-state index < -0.39 is 0 Å². The zero-order valence-electron chi connectivity index (χ0n) is 17.0. The lowest BCUT2D eigenvalue weighted by atomic mass is 10.0. The molecule has 1 N–H and O–H groups in total. The Bertz CT molecular complexity index is 1040. The summed E-state index contributed by atoms with van der Waals surface area (Å²) >= 11 is 13.1. The Morgan fingerprint density at radius 3 is 2.43 bits per heavy atom. The van der Waals surface area contributed by atoms with Crippen molar-refractivity contribution in [1.29, 1.82) is 0 Å². The van der Waals surface area contributed by atoms with Crippen molar-refractivity contribution in [3.8, 4) is 22.6 Å². The summed E-state index contributed by atoms with van der Waals surface area (Å²) in [4.78, 5) is 9.12. The van der Waals surface area contributed by atoms with E-state index in [4.69, 9.17) is 37.4 Å². The number of ether oxygens (including phenoxy) is 3. The van der Waals surface area contributed by atoms with Crippen LogP contribution >= 0.6 is 23.2 Å². The average molecular weight is 448 g/mol. The van der Waals surface area contributed by atoms with Crippen molar-refractivity contribution >= 4 is 40.1 Å². The van der Waals surface area contributed by atoms with E-state index in [1.807, 2.05) is 18.2 Å². The molecule has 0 radical (unpaired) electrons. The quantitative estimate of drug-likeness (QED) is 0.548. The number of aromatic nitrogens is 2.